The zero-order valence-electron chi connectivity index (χ0n) is 10.1. The largest absolute Gasteiger partial charge is 0.481 e. The van der Waals surface area contributed by atoms with Crippen LogP contribution in [0.5, 0.6) is 0 Å². The van der Waals surface area contributed by atoms with Crippen LogP contribution in [0.2, 0.25) is 0 Å². The van der Waals surface area contributed by atoms with Gasteiger partial charge in [-0.1, -0.05) is 12.8 Å². The van der Waals surface area contributed by atoms with Crippen LogP contribution in [0.1, 0.15) is 44.9 Å². The smallest absolute Gasteiger partial charge is 0.308 e. The van der Waals surface area contributed by atoms with Crippen LogP contribution >= 0.6 is 0 Å². The summed E-state index contributed by atoms with van der Waals surface area (Å²) in [6.45, 7) is 0.701. The van der Waals surface area contributed by atoms with Gasteiger partial charge in [-0.15, -0.1) is 0 Å². The van der Waals surface area contributed by atoms with Gasteiger partial charge in [0.2, 0.25) is 0 Å². The van der Waals surface area contributed by atoms with Gasteiger partial charge in [-0.25, -0.2) is 0 Å². The Morgan fingerprint density at radius 2 is 2.00 bits per heavy atom. The van der Waals surface area contributed by atoms with Crippen LogP contribution < -0.4 is 0 Å². The first-order valence-electron chi connectivity index (χ1n) is 6.80. The molecule has 2 N–H and O–H groups in total. The molecule has 2 heterocycles. The fourth-order valence-corrected chi connectivity index (χ4v) is 4.14. The molecule has 1 saturated carbocycles. The van der Waals surface area contributed by atoms with Crippen molar-refractivity contribution < 1.29 is 15.0 Å². The normalized spacial score (nSPS) is 39.9. The van der Waals surface area contributed by atoms with Crippen molar-refractivity contribution in [2.24, 2.45) is 5.92 Å². The summed E-state index contributed by atoms with van der Waals surface area (Å²) in [5.41, 5.74) is -0.533. The van der Waals surface area contributed by atoms with Crippen LogP contribution in [-0.2, 0) is 4.79 Å². The summed E-state index contributed by atoms with van der Waals surface area (Å²) in [5, 5.41) is 19.6. The van der Waals surface area contributed by atoms with Gasteiger partial charge in [-0.2, -0.15) is 0 Å². The van der Waals surface area contributed by atoms with Gasteiger partial charge in [-0.05, 0) is 32.1 Å². The van der Waals surface area contributed by atoms with Gasteiger partial charge in [0.1, 0.15) is 0 Å². The van der Waals surface area contributed by atoms with E-state index in [-0.39, 0.29) is 12.0 Å². The number of nitrogens with zero attached hydrogens (tertiary/aromatic N) is 1. The number of aliphatic carboxylic acids is 1. The second-order valence-corrected chi connectivity index (χ2v) is 6.08. The SMILES string of the molecule is O=C(O)C1CC2CCC1N2CC1(O)CCCC1. The third kappa shape index (κ3) is 1.87. The molecular weight excluding hydrogens is 218 g/mol. The molecule has 3 atom stereocenters. The fraction of sp³-hybridized carbons (Fsp3) is 0.923. The van der Waals surface area contributed by atoms with E-state index < -0.39 is 11.6 Å². The van der Waals surface area contributed by atoms with Crippen LogP contribution in [0, 0.1) is 5.92 Å². The Balaban J connectivity index is 1.70. The fourth-order valence-electron chi connectivity index (χ4n) is 4.14. The van der Waals surface area contributed by atoms with Crippen molar-refractivity contribution in [2.45, 2.75) is 62.6 Å². The Bertz CT molecular complexity index is 325. The molecule has 2 saturated heterocycles. The maximum Gasteiger partial charge on any atom is 0.308 e. The lowest BCUT2D eigenvalue weighted by molar-refractivity contribution is -0.142. The highest BCUT2D eigenvalue weighted by Gasteiger charge is 2.51. The number of hydrogen-bond acceptors (Lipinski definition) is 3. The van der Waals surface area contributed by atoms with Gasteiger partial charge in [0.05, 0.1) is 11.5 Å². The lowest BCUT2D eigenvalue weighted by atomic mass is 9.89. The summed E-state index contributed by atoms with van der Waals surface area (Å²) in [6, 6.07) is 0.591. The first kappa shape index (κ1) is 11.5. The number of hydrogen-bond donors (Lipinski definition) is 2. The molecule has 0 aromatic carbocycles. The van der Waals surface area contributed by atoms with E-state index in [0.29, 0.717) is 12.6 Å². The molecule has 17 heavy (non-hydrogen) atoms. The van der Waals surface area contributed by atoms with Crippen molar-refractivity contribution in [3.8, 4) is 0 Å². The van der Waals surface area contributed by atoms with Crippen LogP contribution in [0.4, 0.5) is 0 Å². The highest BCUT2D eigenvalue weighted by atomic mass is 16.4. The third-order valence-electron chi connectivity index (χ3n) is 5.01. The minimum absolute atomic E-state index is 0.183. The predicted octanol–water partition coefficient (Wildman–Crippen LogP) is 1.23. The zero-order valence-corrected chi connectivity index (χ0v) is 10.1. The summed E-state index contributed by atoms with van der Waals surface area (Å²) in [6.07, 6.45) is 6.91. The third-order valence-corrected chi connectivity index (χ3v) is 5.01. The van der Waals surface area contributed by atoms with Gasteiger partial charge in [0, 0.05) is 18.6 Å². The van der Waals surface area contributed by atoms with Crippen molar-refractivity contribution in [1.29, 1.82) is 0 Å². The van der Waals surface area contributed by atoms with Gasteiger partial charge in [0.25, 0.3) is 0 Å². The molecule has 4 heteroatoms. The van der Waals surface area contributed by atoms with Crippen LogP contribution in [0.15, 0.2) is 0 Å². The summed E-state index contributed by atoms with van der Waals surface area (Å²) in [5.74, 6) is -0.848. The zero-order chi connectivity index (χ0) is 12.0. The monoisotopic (exact) mass is 239 g/mol. The van der Waals surface area contributed by atoms with E-state index in [1.165, 1.54) is 0 Å². The molecule has 2 bridgehead atoms. The van der Waals surface area contributed by atoms with E-state index in [2.05, 4.69) is 4.90 Å². The molecule has 3 rings (SSSR count). The minimum atomic E-state index is -0.652. The summed E-state index contributed by atoms with van der Waals surface area (Å²) in [7, 11) is 0. The molecule has 0 radical (unpaired) electrons. The number of rotatable bonds is 3. The van der Waals surface area contributed by atoms with E-state index in [4.69, 9.17) is 0 Å². The van der Waals surface area contributed by atoms with Crippen molar-refractivity contribution in [1.82, 2.24) is 4.90 Å². The van der Waals surface area contributed by atoms with Crippen LogP contribution in [0.25, 0.3) is 0 Å². The molecule has 1 aliphatic carbocycles. The molecule has 0 aromatic heterocycles. The second kappa shape index (κ2) is 3.95. The number of fused-ring (bicyclic) bond motifs is 2. The molecule has 3 fully saturated rings. The first-order valence-corrected chi connectivity index (χ1v) is 6.80. The molecule has 3 aliphatic rings. The minimum Gasteiger partial charge on any atom is -0.481 e. The molecule has 2 aliphatic heterocycles. The Morgan fingerprint density at radius 3 is 2.59 bits per heavy atom. The second-order valence-electron chi connectivity index (χ2n) is 6.08. The average molecular weight is 239 g/mol. The topological polar surface area (TPSA) is 60.8 Å². The van der Waals surface area contributed by atoms with Crippen LogP contribution in [-0.4, -0.2) is 45.3 Å². The van der Waals surface area contributed by atoms with Gasteiger partial charge >= 0.3 is 5.97 Å². The maximum atomic E-state index is 11.2. The number of carboxylic acid groups (broad SMARTS) is 1. The lowest BCUT2D eigenvalue weighted by Crippen LogP contribution is -2.44. The first-order chi connectivity index (χ1) is 8.09. The Kier molecular flexibility index (Phi) is 2.67. The van der Waals surface area contributed by atoms with Gasteiger partial charge in [-0.3, -0.25) is 9.69 Å². The van der Waals surface area contributed by atoms with E-state index >= 15 is 0 Å². The summed E-state index contributed by atoms with van der Waals surface area (Å²) < 4.78 is 0. The number of carbonyl (C=O) groups is 1. The lowest BCUT2D eigenvalue weighted by Gasteiger charge is -2.31. The highest BCUT2D eigenvalue weighted by Crippen LogP contribution is 2.44. The Hall–Kier alpha value is -0.610. The number of carboxylic acids is 1. The summed E-state index contributed by atoms with van der Waals surface area (Å²) >= 11 is 0. The molecule has 96 valence electrons. The molecule has 0 aromatic rings. The average Bonchev–Trinajstić information content (AvgIpc) is 2.95. The molecule has 0 spiro atoms. The van der Waals surface area contributed by atoms with E-state index in [1.807, 2.05) is 0 Å². The Morgan fingerprint density at radius 1 is 1.29 bits per heavy atom. The predicted molar refractivity (Wildman–Crippen MR) is 62.7 cm³/mol. The van der Waals surface area contributed by atoms with Crippen LogP contribution in [0.3, 0.4) is 0 Å². The van der Waals surface area contributed by atoms with Gasteiger partial charge in [0.15, 0.2) is 0 Å². The Labute approximate surface area is 102 Å². The maximum absolute atomic E-state index is 11.2. The number of aliphatic hydroxyl groups is 1. The van der Waals surface area contributed by atoms with E-state index in [0.717, 1.165) is 44.9 Å². The van der Waals surface area contributed by atoms with E-state index in [1.54, 1.807) is 0 Å². The standard InChI is InChI=1S/C13H21NO3/c15-12(16)10-7-9-3-4-11(10)14(9)8-13(17)5-1-2-6-13/h9-11,17H,1-8H2,(H,15,16). The molecular formula is C13H21NO3. The van der Waals surface area contributed by atoms with Crippen molar-refractivity contribution in [3.05, 3.63) is 0 Å². The molecule has 4 nitrogen and oxygen atoms in total. The quantitative estimate of drug-likeness (QED) is 0.777. The summed E-state index contributed by atoms with van der Waals surface area (Å²) in [4.78, 5) is 13.5. The van der Waals surface area contributed by atoms with E-state index in [9.17, 15) is 15.0 Å². The van der Waals surface area contributed by atoms with Crippen molar-refractivity contribution in [2.75, 3.05) is 6.54 Å². The van der Waals surface area contributed by atoms with Gasteiger partial charge < -0.3 is 10.2 Å². The highest BCUT2D eigenvalue weighted by molar-refractivity contribution is 5.71. The van der Waals surface area contributed by atoms with Crippen molar-refractivity contribution >= 4 is 5.97 Å². The van der Waals surface area contributed by atoms with Crippen molar-refractivity contribution in [3.63, 3.8) is 0 Å². The molecule has 3 unspecified atom stereocenters. The molecule has 0 amide bonds.